The third kappa shape index (κ3) is 6.43. The highest BCUT2D eigenvalue weighted by molar-refractivity contribution is 5.80. The van der Waals surface area contributed by atoms with Crippen LogP contribution in [0.4, 0.5) is 0 Å². The Kier molecular flexibility index (Phi) is 8.22. The lowest BCUT2D eigenvalue weighted by Crippen LogP contribution is -2.46. The van der Waals surface area contributed by atoms with E-state index in [9.17, 15) is 0 Å². The number of piperidine rings is 1. The Morgan fingerprint density at radius 1 is 1.06 bits per heavy atom. The summed E-state index contributed by atoms with van der Waals surface area (Å²) in [6, 6.07) is 9.66. The number of benzene rings is 1. The Labute approximate surface area is 188 Å². The van der Waals surface area contributed by atoms with Crippen LogP contribution < -0.4 is 5.32 Å². The lowest BCUT2D eigenvalue weighted by atomic mass is 9.98. The maximum atomic E-state index is 5.53. The summed E-state index contributed by atoms with van der Waals surface area (Å²) in [5, 5.41) is 3.53. The van der Waals surface area contributed by atoms with Gasteiger partial charge in [-0.1, -0.05) is 31.2 Å². The molecular weight excluding hydrogens is 386 g/mol. The predicted molar refractivity (Wildman–Crippen MR) is 127 cm³/mol. The van der Waals surface area contributed by atoms with Crippen LogP contribution >= 0.6 is 0 Å². The molecule has 4 rings (SSSR count). The summed E-state index contributed by atoms with van der Waals surface area (Å²) in [4.78, 5) is 12.7. The number of nitrogens with zero attached hydrogens (tertiary/aromatic N) is 4. The van der Waals surface area contributed by atoms with Gasteiger partial charge in [-0.25, -0.2) is 4.99 Å². The number of morpholine rings is 1. The number of hydrogen-bond donors (Lipinski definition) is 1. The topological polar surface area (TPSA) is 43.3 Å². The van der Waals surface area contributed by atoms with E-state index in [-0.39, 0.29) is 0 Å². The molecule has 6 heteroatoms. The molecule has 3 aliphatic heterocycles. The van der Waals surface area contributed by atoms with E-state index >= 15 is 0 Å². The molecular formula is C25H41N5O. The van der Waals surface area contributed by atoms with Crippen LogP contribution in [0.25, 0.3) is 0 Å². The van der Waals surface area contributed by atoms with Gasteiger partial charge in [-0.2, -0.15) is 0 Å². The van der Waals surface area contributed by atoms with Gasteiger partial charge in [0.15, 0.2) is 5.96 Å². The molecule has 0 amide bonds. The zero-order valence-electron chi connectivity index (χ0n) is 19.6. The van der Waals surface area contributed by atoms with Crippen molar-refractivity contribution in [1.29, 1.82) is 0 Å². The van der Waals surface area contributed by atoms with Crippen molar-refractivity contribution in [3.05, 3.63) is 35.4 Å². The van der Waals surface area contributed by atoms with Crippen molar-refractivity contribution >= 4 is 5.96 Å². The lowest BCUT2D eigenvalue weighted by molar-refractivity contribution is 0.0195. The van der Waals surface area contributed by atoms with E-state index in [0.717, 1.165) is 70.9 Å². The molecule has 1 aromatic carbocycles. The summed E-state index contributed by atoms with van der Waals surface area (Å²) in [7, 11) is 0. The van der Waals surface area contributed by atoms with Crippen molar-refractivity contribution in [2.75, 3.05) is 59.0 Å². The van der Waals surface area contributed by atoms with Gasteiger partial charge < -0.3 is 15.0 Å². The first-order valence-corrected chi connectivity index (χ1v) is 12.4. The molecule has 0 bridgehead atoms. The van der Waals surface area contributed by atoms with Crippen LogP contribution in [-0.4, -0.2) is 85.7 Å². The van der Waals surface area contributed by atoms with E-state index in [4.69, 9.17) is 9.73 Å². The molecule has 1 atom stereocenters. The zero-order chi connectivity index (χ0) is 21.5. The lowest BCUT2D eigenvalue weighted by Gasteiger charge is -2.32. The predicted octanol–water partition coefficient (Wildman–Crippen LogP) is 2.79. The number of rotatable bonds is 6. The summed E-state index contributed by atoms with van der Waals surface area (Å²) in [5.41, 5.74) is 2.73. The fourth-order valence-corrected chi connectivity index (χ4v) is 5.07. The fourth-order valence-electron chi connectivity index (χ4n) is 5.07. The van der Waals surface area contributed by atoms with E-state index in [1.807, 2.05) is 0 Å². The molecule has 31 heavy (non-hydrogen) atoms. The Morgan fingerprint density at radius 2 is 1.84 bits per heavy atom. The van der Waals surface area contributed by atoms with Gasteiger partial charge in [0.25, 0.3) is 0 Å². The Bertz CT molecular complexity index is 710. The van der Waals surface area contributed by atoms with Crippen molar-refractivity contribution in [2.24, 2.45) is 10.9 Å². The normalized spacial score (nSPS) is 24.6. The Morgan fingerprint density at radius 3 is 2.61 bits per heavy atom. The molecule has 3 saturated heterocycles. The van der Waals surface area contributed by atoms with Crippen LogP contribution in [0.15, 0.2) is 29.3 Å². The molecule has 172 valence electrons. The molecule has 0 aliphatic carbocycles. The number of nitrogens with one attached hydrogen (secondary N) is 1. The molecule has 0 aromatic heterocycles. The average molecular weight is 428 g/mol. The maximum Gasteiger partial charge on any atom is 0.194 e. The van der Waals surface area contributed by atoms with Crippen LogP contribution in [0, 0.1) is 5.92 Å². The minimum Gasteiger partial charge on any atom is -0.379 e. The van der Waals surface area contributed by atoms with E-state index in [0.29, 0.717) is 6.04 Å². The van der Waals surface area contributed by atoms with Crippen LogP contribution in [0.2, 0.25) is 0 Å². The SMILES string of the molecule is CCNC(=NCc1cccc(CN2CCC(C)CC2)c1)N1CCC(N2CCOCC2)C1. The number of likely N-dealkylation sites (tertiary alicyclic amines) is 2. The Balaban J connectivity index is 1.34. The first-order chi connectivity index (χ1) is 15.2. The summed E-state index contributed by atoms with van der Waals surface area (Å²) >= 11 is 0. The minimum absolute atomic E-state index is 0.628. The highest BCUT2D eigenvalue weighted by atomic mass is 16.5. The molecule has 0 radical (unpaired) electrons. The summed E-state index contributed by atoms with van der Waals surface area (Å²) < 4.78 is 5.53. The van der Waals surface area contributed by atoms with Crippen molar-refractivity contribution in [2.45, 2.75) is 52.2 Å². The summed E-state index contributed by atoms with van der Waals surface area (Å²) in [6.45, 7) is 15.7. The van der Waals surface area contributed by atoms with Gasteiger partial charge in [-0.05, 0) is 56.3 Å². The summed E-state index contributed by atoms with van der Waals surface area (Å²) in [6.07, 6.45) is 3.88. The Hall–Kier alpha value is -1.63. The summed E-state index contributed by atoms with van der Waals surface area (Å²) in [5.74, 6) is 1.95. The maximum absolute atomic E-state index is 5.53. The molecule has 6 nitrogen and oxygen atoms in total. The van der Waals surface area contributed by atoms with Crippen LogP contribution in [0.5, 0.6) is 0 Å². The van der Waals surface area contributed by atoms with Gasteiger partial charge in [-0.15, -0.1) is 0 Å². The average Bonchev–Trinajstić information content (AvgIpc) is 3.29. The van der Waals surface area contributed by atoms with Crippen molar-refractivity contribution in [1.82, 2.24) is 20.0 Å². The highest BCUT2D eigenvalue weighted by Crippen LogP contribution is 2.20. The fraction of sp³-hybridized carbons (Fsp3) is 0.720. The van der Waals surface area contributed by atoms with E-state index in [1.165, 1.54) is 43.5 Å². The van der Waals surface area contributed by atoms with E-state index in [2.05, 4.69) is 58.1 Å². The van der Waals surface area contributed by atoms with Crippen LogP contribution in [0.1, 0.15) is 44.2 Å². The second-order valence-corrected chi connectivity index (χ2v) is 9.49. The second-order valence-electron chi connectivity index (χ2n) is 9.49. The second kappa shape index (κ2) is 11.3. The van der Waals surface area contributed by atoms with Crippen LogP contribution in [-0.2, 0) is 17.8 Å². The standard InChI is InChI=1S/C25H41N5O/c1-3-26-25(30-12-9-24(20-30)29-13-15-31-16-14-29)27-18-22-5-4-6-23(17-22)19-28-10-7-21(2)8-11-28/h4-6,17,21,24H,3,7-16,18-20H2,1-2H3,(H,26,27). The number of ether oxygens (including phenoxy) is 1. The molecule has 1 aromatic rings. The van der Waals surface area contributed by atoms with Crippen molar-refractivity contribution in [3.63, 3.8) is 0 Å². The first kappa shape index (κ1) is 22.6. The molecule has 3 heterocycles. The molecule has 1 unspecified atom stereocenters. The third-order valence-corrected chi connectivity index (χ3v) is 7.05. The zero-order valence-corrected chi connectivity index (χ0v) is 19.6. The minimum atomic E-state index is 0.628. The number of guanidine groups is 1. The molecule has 1 N–H and O–H groups in total. The molecule has 3 aliphatic rings. The highest BCUT2D eigenvalue weighted by Gasteiger charge is 2.30. The van der Waals surface area contributed by atoms with Crippen molar-refractivity contribution < 1.29 is 4.74 Å². The van der Waals surface area contributed by atoms with Crippen molar-refractivity contribution in [3.8, 4) is 0 Å². The third-order valence-electron chi connectivity index (χ3n) is 7.05. The van der Waals surface area contributed by atoms with Gasteiger partial charge >= 0.3 is 0 Å². The monoisotopic (exact) mass is 427 g/mol. The number of hydrogen-bond acceptors (Lipinski definition) is 4. The molecule has 0 saturated carbocycles. The largest absolute Gasteiger partial charge is 0.379 e. The van der Waals surface area contributed by atoms with Gasteiger partial charge in [0.2, 0.25) is 0 Å². The van der Waals surface area contributed by atoms with Gasteiger partial charge in [0.05, 0.1) is 19.8 Å². The van der Waals surface area contributed by atoms with Crippen LogP contribution in [0.3, 0.4) is 0 Å². The van der Waals surface area contributed by atoms with E-state index < -0.39 is 0 Å². The molecule has 0 spiro atoms. The quantitative estimate of drug-likeness (QED) is 0.559. The molecule has 3 fully saturated rings. The first-order valence-electron chi connectivity index (χ1n) is 12.4. The van der Waals surface area contributed by atoms with Gasteiger partial charge in [0, 0.05) is 45.3 Å². The smallest absolute Gasteiger partial charge is 0.194 e. The van der Waals surface area contributed by atoms with Gasteiger partial charge in [-0.3, -0.25) is 9.80 Å². The number of aliphatic imine (C=N–C) groups is 1. The van der Waals surface area contributed by atoms with Gasteiger partial charge in [0.1, 0.15) is 0 Å². The van der Waals surface area contributed by atoms with E-state index in [1.54, 1.807) is 0 Å².